The highest BCUT2D eigenvalue weighted by Gasteiger charge is 2.44. The highest BCUT2D eigenvalue weighted by molar-refractivity contribution is 5.94. The van der Waals surface area contributed by atoms with Gasteiger partial charge in [-0.2, -0.15) is 0 Å². The third-order valence-corrected chi connectivity index (χ3v) is 6.13. The van der Waals surface area contributed by atoms with Crippen molar-refractivity contribution in [3.8, 4) is 142 Å². The van der Waals surface area contributed by atoms with E-state index in [-0.39, 0.29) is 6.61 Å². The van der Waals surface area contributed by atoms with Gasteiger partial charge in [-0.15, -0.1) is 0 Å². The van der Waals surface area contributed by atoms with Gasteiger partial charge >= 0.3 is 0 Å². The van der Waals surface area contributed by atoms with Crippen molar-refractivity contribution in [2.75, 3.05) is 13.2 Å². The SMILES string of the molecule is CC#CC#CC#CC#CC#CC#CC#CC#CC#CC#CC#CC#CC(=O)N[C@@H](CO[C@@H]1OC(CO)[C@H](O)[C@H](O)C1O)[C@H](N)CCCCCC. The second-order valence-electron chi connectivity index (χ2n) is 9.75. The van der Waals surface area contributed by atoms with Gasteiger partial charge < -0.3 is 41.0 Å². The van der Waals surface area contributed by atoms with Crippen LogP contribution in [0, 0.1) is 142 Å². The molecule has 0 aromatic carbocycles. The number of nitrogens with two attached hydrogens (primary N) is 1. The minimum Gasteiger partial charge on any atom is -0.394 e. The van der Waals surface area contributed by atoms with Gasteiger partial charge in [-0.25, -0.2) is 0 Å². The molecule has 1 rings (SSSR count). The molecule has 0 spiro atoms. The summed E-state index contributed by atoms with van der Waals surface area (Å²) in [7, 11) is 0. The van der Waals surface area contributed by atoms with Crippen LogP contribution in [0.1, 0.15) is 46.0 Å². The molecule has 0 radical (unpaired) electrons. The van der Waals surface area contributed by atoms with E-state index in [1.807, 2.05) is 0 Å². The van der Waals surface area contributed by atoms with E-state index in [1.54, 1.807) is 6.92 Å². The fourth-order valence-electron chi connectivity index (χ4n) is 3.66. The van der Waals surface area contributed by atoms with Crippen LogP contribution in [0.25, 0.3) is 0 Å². The zero-order chi connectivity index (χ0) is 36.7. The molecule has 1 saturated heterocycles. The molecule has 0 bridgehead atoms. The first-order valence-electron chi connectivity index (χ1n) is 15.3. The van der Waals surface area contributed by atoms with E-state index in [0.717, 1.165) is 25.7 Å². The quantitative estimate of drug-likeness (QED) is 0.117. The average Bonchev–Trinajstić information content (AvgIpc) is 3.11. The Bertz CT molecular complexity index is 1950. The van der Waals surface area contributed by atoms with Gasteiger partial charge in [0.05, 0.1) is 19.3 Å². The summed E-state index contributed by atoms with van der Waals surface area (Å²) >= 11 is 0. The predicted octanol–water partition coefficient (Wildman–Crippen LogP) is -1.35. The van der Waals surface area contributed by atoms with Crippen molar-refractivity contribution in [2.45, 2.75) is 88.7 Å². The molecular weight excluding hydrogens is 632 g/mol. The molecule has 1 heterocycles. The number of amides is 1. The average molecular weight is 667 g/mol. The van der Waals surface area contributed by atoms with Crippen LogP contribution in [0.4, 0.5) is 0 Å². The smallest absolute Gasteiger partial charge is 0.297 e. The molecule has 0 aliphatic carbocycles. The van der Waals surface area contributed by atoms with Crippen LogP contribution in [0.3, 0.4) is 0 Å². The summed E-state index contributed by atoms with van der Waals surface area (Å²) in [6.07, 6.45) is -2.76. The lowest BCUT2D eigenvalue weighted by Crippen LogP contribution is -2.60. The third-order valence-electron chi connectivity index (χ3n) is 6.13. The van der Waals surface area contributed by atoms with Crippen molar-refractivity contribution in [3.63, 3.8) is 0 Å². The summed E-state index contributed by atoms with van der Waals surface area (Å²) in [4.78, 5) is 12.5. The Morgan fingerprint density at radius 1 is 0.700 bits per heavy atom. The minimum absolute atomic E-state index is 0.197. The summed E-state index contributed by atoms with van der Waals surface area (Å²) < 4.78 is 11.0. The number of hydrogen-bond acceptors (Lipinski definition) is 8. The monoisotopic (exact) mass is 666 g/mol. The number of carbonyl (C=O) groups is 1. The lowest BCUT2D eigenvalue weighted by molar-refractivity contribution is -0.302. The predicted molar refractivity (Wildman–Crippen MR) is 187 cm³/mol. The summed E-state index contributed by atoms with van der Waals surface area (Å²) in [5.41, 5.74) is 6.34. The first kappa shape index (κ1) is 41.9. The molecule has 0 aromatic heterocycles. The molecule has 9 nitrogen and oxygen atoms in total. The van der Waals surface area contributed by atoms with Gasteiger partial charge in [0.25, 0.3) is 5.91 Å². The molecule has 7 N–H and O–H groups in total. The third kappa shape index (κ3) is 19.5. The molecule has 1 amide bonds. The molecule has 1 aliphatic heterocycles. The summed E-state index contributed by atoms with van der Waals surface area (Å²) in [6.45, 7) is 2.97. The van der Waals surface area contributed by atoms with E-state index >= 15 is 0 Å². The molecule has 2 unspecified atom stereocenters. The summed E-state index contributed by atoms with van der Waals surface area (Å²) in [6, 6.07) is -1.26. The van der Waals surface area contributed by atoms with Crippen LogP contribution in [-0.4, -0.2) is 82.3 Å². The number of aliphatic hydroxyl groups is 4. The summed E-state index contributed by atoms with van der Waals surface area (Å²) in [5, 5.41) is 42.3. The van der Waals surface area contributed by atoms with Gasteiger partial charge in [-0.1, -0.05) is 38.5 Å². The van der Waals surface area contributed by atoms with Crippen molar-refractivity contribution in [2.24, 2.45) is 5.73 Å². The maximum Gasteiger partial charge on any atom is 0.297 e. The first-order valence-corrected chi connectivity index (χ1v) is 15.3. The van der Waals surface area contributed by atoms with Crippen LogP contribution in [0.5, 0.6) is 0 Å². The van der Waals surface area contributed by atoms with Gasteiger partial charge in [-0.3, -0.25) is 4.79 Å². The van der Waals surface area contributed by atoms with Crippen molar-refractivity contribution < 1.29 is 34.7 Å². The van der Waals surface area contributed by atoms with E-state index in [9.17, 15) is 25.2 Å². The molecular formula is C41H34N2O7. The molecule has 0 aromatic rings. The molecule has 7 atom stereocenters. The highest BCUT2D eigenvalue weighted by Crippen LogP contribution is 2.22. The lowest BCUT2D eigenvalue weighted by Gasteiger charge is -2.40. The van der Waals surface area contributed by atoms with Gasteiger partial charge in [0.15, 0.2) is 6.29 Å². The van der Waals surface area contributed by atoms with Crippen LogP contribution >= 0.6 is 0 Å². The van der Waals surface area contributed by atoms with Gasteiger partial charge in [0.2, 0.25) is 0 Å². The number of nitrogens with one attached hydrogen (secondary N) is 1. The van der Waals surface area contributed by atoms with Crippen LogP contribution in [-0.2, 0) is 14.3 Å². The fourth-order valence-corrected chi connectivity index (χ4v) is 3.66. The van der Waals surface area contributed by atoms with Gasteiger partial charge in [0, 0.05) is 47.5 Å². The number of aliphatic hydroxyl groups excluding tert-OH is 4. The van der Waals surface area contributed by atoms with E-state index < -0.39 is 55.3 Å². The zero-order valence-corrected chi connectivity index (χ0v) is 27.6. The van der Waals surface area contributed by atoms with E-state index in [0.29, 0.717) is 6.42 Å². The number of hydrogen-bond donors (Lipinski definition) is 6. The van der Waals surface area contributed by atoms with Gasteiger partial charge in [0.1, 0.15) is 24.4 Å². The molecule has 1 fully saturated rings. The molecule has 50 heavy (non-hydrogen) atoms. The van der Waals surface area contributed by atoms with E-state index in [1.165, 1.54) is 0 Å². The van der Waals surface area contributed by atoms with Gasteiger partial charge in [-0.05, 0) is 108 Å². The van der Waals surface area contributed by atoms with Crippen LogP contribution in [0.2, 0.25) is 0 Å². The number of unbranched alkanes of at least 4 members (excludes halogenated alkanes) is 3. The first-order chi connectivity index (χ1) is 24.3. The fraction of sp³-hybridized carbons (Fsp3) is 0.390. The second kappa shape index (κ2) is 28.0. The topological polar surface area (TPSA) is 155 Å². The number of ether oxygens (including phenoxy) is 2. The Kier molecular flexibility index (Phi) is 23.5. The maximum atomic E-state index is 12.5. The zero-order valence-electron chi connectivity index (χ0n) is 27.6. The Morgan fingerprint density at radius 3 is 1.60 bits per heavy atom. The highest BCUT2D eigenvalue weighted by atomic mass is 16.7. The number of carbonyl (C=O) groups excluding carboxylic acids is 1. The largest absolute Gasteiger partial charge is 0.394 e. The standard InChI is InChI=1S/C41H34N2O7/c1-3-5-7-9-10-11-12-13-14-15-16-17-18-19-20-21-22-23-24-25-26-27-29-31-37(45)43-35(34(42)30-28-8-6-4-2)33-49-41-40(48)39(47)38(46)36(32-44)50-41/h34-36,38-41,44,46-48H,4,6,8,28,30,32-33,42H2,1-2H3,(H,43,45)/t34-,35+,36?,38+,39+,40?,41-/m1/s1. The second-order valence-corrected chi connectivity index (χ2v) is 9.75. The molecule has 9 heteroatoms. The Labute approximate surface area is 295 Å². The Hall–Kier alpha value is -6.09. The molecule has 250 valence electrons. The van der Waals surface area contributed by atoms with Crippen molar-refractivity contribution in [3.05, 3.63) is 0 Å². The summed E-state index contributed by atoms with van der Waals surface area (Å²) in [5.74, 6) is 58.9. The Morgan fingerprint density at radius 2 is 1.16 bits per heavy atom. The van der Waals surface area contributed by atoms with Crippen molar-refractivity contribution >= 4 is 5.91 Å². The minimum atomic E-state index is -1.60. The van der Waals surface area contributed by atoms with E-state index in [4.69, 9.17) is 15.2 Å². The normalized spacial score (nSPS) is 18.3. The molecule has 0 saturated carbocycles. The van der Waals surface area contributed by atoms with Crippen LogP contribution in [0.15, 0.2) is 0 Å². The molecule has 1 aliphatic rings. The van der Waals surface area contributed by atoms with Crippen molar-refractivity contribution in [1.82, 2.24) is 5.32 Å². The maximum absolute atomic E-state index is 12.5. The number of rotatable bonds is 11. The van der Waals surface area contributed by atoms with E-state index in [2.05, 4.69) is 154 Å². The lowest BCUT2D eigenvalue weighted by atomic mass is 9.99. The van der Waals surface area contributed by atoms with Crippen molar-refractivity contribution in [1.29, 1.82) is 0 Å². The van der Waals surface area contributed by atoms with Crippen LogP contribution < -0.4 is 11.1 Å². The Balaban J connectivity index is 2.69.